The van der Waals surface area contributed by atoms with E-state index in [-0.39, 0.29) is 16.3 Å². The van der Waals surface area contributed by atoms with Crippen molar-refractivity contribution in [3.8, 4) is 0 Å². The number of fused-ring (bicyclic) bond motifs is 5. The first kappa shape index (κ1) is 23.7. The number of H-pyrrole nitrogens is 1. The highest BCUT2D eigenvalue weighted by atomic mass is 16.3. The first-order valence-electron chi connectivity index (χ1n) is 13.3. The number of rotatable bonds is 5. The standard InChI is InChI=1S/C31H33N3O3/c1-31(2,3)19-11-12-22-24(17-19)37-25-18-23(32-13-8-16-34-14-6-7-15-34)26-27(28(25)33-22)30(36)21-10-5-4-9-20(21)29(26)35/h4-5,9-12,17-18,32-33H,6-8,13-16H2,1-3H3. The number of benzene rings is 4. The minimum Gasteiger partial charge on any atom is -0.453 e. The lowest BCUT2D eigenvalue weighted by Gasteiger charge is -2.19. The van der Waals surface area contributed by atoms with Crippen molar-refractivity contribution in [2.24, 2.45) is 0 Å². The molecule has 0 spiro atoms. The minimum absolute atomic E-state index is 0.0251. The van der Waals surface area contributed by atoms with Crippen molar-refractivity contribution in [3.63, 3.8) is 0 Å². The van der Waals surface area contributed by atoms with Gasteiger partial charge >= 0.3 is 0 Å². The summed E-state index contributed by atoms with van der Waals surface area (Å²) < 4.78 is 6.40. The number of aromatic amines is 1. The molecule has 0 amide bonds. The highest BCUT2D eigenvalue weighted by molar-refractivity contribution is 6.14. The Kier molecular flexibility index (Phi) is 5.80. The summed E-state index contributed by atoms with van der Waals surface area (Å²) in [6.45, 7) is 10.6. The van der Waals surface area contributed by atoms with E-state index in [1.807, 2.05) is 12.1 Å². The number of nitrogens with one attached hydrogen (secondary N) is 2. The van der Waals surface area contributed by atoms with E-state index in [2.05, 4.69) is 48.1 Å². The van der Waals surface area contributed by atoms with Gasteiger partial charge in [0.2, 0.25) is 0 Å². The Morgan fingerprint density at radius 1 is 0.919 bits per heavy atom. The van der Waals surface area contributed by atoms with Crippen molar-refractivity contribution in [2.45, 2.75) is 45.4 Å². The second kappa shape index (κ2) is 9.03. The molecule has 0 aliphatic carbocycles. The number of hydrogen-bond acceptors (Lipinski definition) is 5. The first-order chi connectivity index (χ1) is 17.8. The zero-order valence-corrected chi connectivity index (χ0v) is 21.7. The zero-order valence-electron chi connectivity index (χ0n) is 21.7. The summed E-state index contributed by atoms with van der Waals surface area (Å²) >= 11 is 0. The van der Waals surface area contributed by atoms with E-state index in [0.717, 1.165) is 42.7 Å². The Hall–Kier alpha value is -3.64. The van der Waals surface area contributed by atoms with Crippen molar-refractivity contribution < 1.29 is 4.42 Å². The van der Waals surface area contributed by atoms with Gasteiger partial charge in [0.15, 0.2) is 22.0 Å². The van der Waals surface area contributed by atoms with Crippen LogP contribution in [0.4, 0.5) is 5.69 Å². The molecule has 1 aliphatic heterocycles. The Labute approximate surface area is 215 Å². The van der Waals surface area contributed by atoms with Crippen molar-refractivity contribution in [1.29, 1.82) is 0 Å². The topological polar surface area (TPSA) is 78.3 Å². The molecule has 5 aromatic rings. The predicted octanol–water partition coefficient (Wildman–Crippen LogP) is 6.14. The summed E-state index contributed by atoms with van der Waals surface area (Å²) in [6.07, 6.45) is 3.50. The third kappa shape index (κ3) is 4.19. The van der Waals surface area contributed by atoms with Gasteiger partial charge in [-0.2, -0.15) is 0 Å². The maximum Gasteiger partial charge on any atom is 0.196 e. The molecule has 0 saturated carbocycles. The average molecular weight is 496 g/mol. The molecule has 0 atom stereocenters. The molecule has 0 unspecified atom stereocenters. The van der Waals surface area contributed by atoms with Crippen LogP contribution in [0.15, 0.2) is 62.5 Å². The molecule has 6 heteroatoms. The predicted molar refractivity (Wildman–Crippen MR) is 153 cm³/mol. The Morgan fingerprint density at radius 2 is 1.62 bits per heavy atom. The SMILES string of the molecule is CC(C)(C)c1ccc2[nH]c3c(cc(NCCCN4CCCC4)c4c(=O)c5ccccc5c(=O)c43)oc2c1. The van der Waals surface area contributed by atoms with Gasteiger partial charge in [-0.25, -0.2) is 0 Å². The molecule has 1 saturated heterocycles. The fraction of sp³-hybridized carbons (Fsp3) is 0.355. The van der Waals surface area contributed by atoms with Crippen LogP contribution in [0.3, 0.4) is 0 Å². The summed E-state index contributed by atoms with van der Waals surface area (Å²) in [5, 5.41) is 5.17. The molecule has 6 rings (SSSR count). The Bertz CT molecular complexity index is 1770. The van der Waals surface area contributed by atoms with Gasteiger partial charge in [0.1, 0.15) is 0 Å². The third-order valence-corrected chi connectivity index (χ3v) is 7.65. The molecule has 1 fully saturated rings. The molecule has 0 radical (unpaired) electrons. The van der Waals surface area contributed by atoms with Crippen molar-refractivity contribution in [3.05, 3.63) is 74.5 Å². The Morgan fingerprint density at radius 3 is 2.32 bits per heavy atom. The van der Waals surface area contributed by atoms with Crippen LogP contribution in [0.25, 0.3) is 43.7 Å². The highest BCUT2D eigenvalue weighted by Gasteiger charge is 2.20. The number of hydrogen-bond donors (Lipinski definition) is 2. The molecule has 37 heavy (non-hydrogen) atoms. The first-order valence-corrected chi connectivity index (χ1v) is 13.3. The van der Waals surface area contributed by atoms with Crippen molar-refractivity contribution in [2.75, 3.05) is 31.5 Å². The van der Waals surface area contributed by atoms with Gasteiger partial charge in [0.05, 0.1) is 21.8 Å². The molecule has 0 bridgehead atoms. The fourth-order valence-electron chi connectivity index (χ4n) is 5.58. The molecular formula is C31H33N3O3. The summed E-state index contributed by atoms with van der Waals surface area (Å²) in [4.78, 5) is 33.4. The van der Waals surface area contributed by atoms with Gasteiger partial charge in [-0.15, -0.1) is 0 Å². The summed E-state index contributed by atoms with van der Waals surface area (Å²) in [7, 11) is 0. The second-order valence-corrected chi connectivity index (χ2v) is 11.3. The van der Waals surface area contributed by atoms with Crippen LogP contribution in [0.1, 0.15) is 45.6 Å². The number of anilines is 1. The van der Waals surface area contributed by atoms with Crippen molar-refractivity contribution >= 4 is 49.4 Å². The molecule has 1 aliphatic rings. The molecule has 1 aromatic heterocycles. The fourth-order valence-corrected chi connectivity index (χ4v) is 5.58. The van der Waals surface area contributed by atoms with Gasteiger partial charge in [-0.1, -0.05) is 51.1 Å². The smallest absolute Gasteiger partial charge is 0.196 e. The van der Waals surface area contributed by atoms with E-state index in [0.29, 0.717) is 44.9 Å². The lowest BCUT2D eigenvalue weighted by Crippen LogP contribution is -2.22. The van der Waals surface area contributed by atoms with E-state index < -0.39 is 0 Å². The van der Waals surface area contributed by atoms with Crippen LogP contribution in [0.5, 0.6) is 0 Å². The van der Waals surface area contributed by atoms with Crippen molar-refractivity contribution in [1.82, 2.24) is 9.88 Å². The van der Waals surface area contributed by atoms with Gasteiger partial charge in [-0.05, 0) is 62.0 Å². The largest absolute Gasteiger partial charge is 0.453 e. The molecular weight excluding hydrogens is 462 g/mol. The lowest BCUT2D eigenvalue weighted by atomic mass is 9.87. The number of nitrogens with zero attached hydrogens (tertiary/aromatic N) is 1. The van der Waals surface area contributed by atoms with E-state index in [4.69, 9.17) is 4.42 Å². The number of aromatic nitrogens is 1. The summed E-state index contributed by atoms with van der Waals surface area (Å²) in [5.74, 6) is 0. The lowest BCUT2D eigenvalue weighted by molar-refractivity contribution is 0.337. The minimum atomic E-state index is -0.159. The van der Waals surface area contributed by atoms with Gasteiger partial charge in [0, 0.05) is 29.1 Å². The molecule has 4 aromatic carbocycles. The quantitative estimate of drug-likeness (QED) is 0.174. The Balaban J connectivity index is 1.56. The molecule has 6 nitrogen and oxygen atoms in total. The van der Waals surface area contributed by atoms with Crippen LogP contribution >= 0.6 is 0 Å². The van der Waals surface area contributed by atoms with Crippen LogP contribution in [0, 0.1) is 0 Å². The van der Waals surface area contributed by atoms with Gasteiger partial charge in [0.25, 0.3) is 0 Å². The van der Waals surface area contributed by atoms with Crippen LogP contribution in [-0.4, -0.2) is 36.1 Å². The normalized spacial score (nSPS) is 14.9. The van der Waals surface area contributed by atoms with E-state index in [1.54, 1.807) is 24.3 Å². The number of likely N-dealkylation sites (tertiary alicyclic amines) is 1. The highest BCUT2D eigenvalue weighted by Crippen LogP contribution is 2.32. The molecule has 2 N–H and O–H groups in total. The van der Waals surface area contributed by atoms with Crippen LogP contribution in [0.2, 0.25) is 0 Å². The maximum absolute atomic E-state index is 13.8. The van der Waals surface area contributed by atoms with Crippen LogP contribution in [-0.2, 0) is 5.41 Å². The average Bonchev–Trinajstić information content (AvgIpc) is 3.41. The molecule has 190 valence electrons. The summed E-state index contributed by atoms with van der Waals surface area (Å²) in [6, 6.07) is 15.1. The second-order valence-electron chi connectivity index (χ2n) is 11.3. The molecule has 2 heterocycles. The van der Waals surface area contributed by atoms with Crippen LogP contribution < -0.4 is 16.2 Å². The van der Waals surface area contributed by atoms with E-state index >= 15 is 0 Å². The third-order valence-electron chi connectivity index (χ3n) is 7.65. The zero-order chi connectivity index (χ0) is 25.7. The monoisotopic (exact) mass is 495 g/mol. The van der Waals surface area contributed by atoms with E-state index in [9.17, 15) is 9.59 Å². The van der Waals surface area contributed by atoms with Gasteiger partial charge < -0.3 is 19.6 Å². The summed E-state index contributed by atoms with van der Waals surface area (Å²) in [5.41, 5.74) is 4.11. The maximum atomic E-state index is 13.8. The van der Waals surface area contributed by atoms with Gasteiger partial charge in [-0.3, -0.25) is 9.59 Å². The van der Waals surface area contributed by atoms with E-state index in [1.165, 1.54) is 12.8 Å².